The van der Waals surface area contributed by atoms with E-state index in [1.165, 1.54) is 18.2 Å². The van der Waals surface area contributed by atoms with Crippen LogP contribution in [0.2, 0.25) is 0 Å². The van der Waals surface area contributed by atoms with Gasteiger partial charge in [0.2, 0.25) is 9.84 Å². The molecule has 16 heavy (non-hydrogen) atoms. The van der Waals surface area contributed by atoms with Crippen LogP contribution in [0.5, 0.6) is 0 Å². The molecule has 2 aromatic rings. The van der Waals surface area contributed by atoms with E-state index in [1.807, 2.05) is 0 Å². The maximum Gasteiger partial charge on any atom is 0.345 e. The highest BCUT2D eigenvalue weighted by Crippen LogP contribution is 2.16. The van der Waals surface area contributed by atoms with Gasteiger partial charge < -0.3 is 0 Å². The number of aromatic amines is 1. The molecule has 0 bridgehead atoms. The Morgan fingerprint density at radius 3 is 2.38 bits per heavy atom. The van der Waals surface area contributed by atoms with Gasteiger partial charge >= 0.3 is 5.69 Å². The number of sulfone groups is 1. The molecule has 1 aromatic heterocycles. The molecule has 0 aliphatic heterocycles. The van der Waals surface area contributed by atoms with Gasteiger partial charge in [0.05, 0.1) is 4.90 Å². The van der Waals surface area contributed by atoms with Gasteiger partial charge in [-0.2, -0.15) is 0 Å². The Kier molecular flexibility index (Phi) is 2.57. The van der Waals surface area contributed by atoms with E-state index in [0.717, 1.165) is 6.20 Å². The van der Waals surface area contributed by atoms with E-state index in [4.69, 9.17) is 0 Å². The first kappa shape index (κ1) is 10.6. The lowest BCUT2D eigenvalue weighted by atomic mass is 10.4. The van der Waals surface area contributed by atoms with Crippen LogP contribution in [0.4, 0.5) is 0 Å². The number of hydrogen-bond acceptors (Lipinski definition) is 4. The molecule has 5 nitrogen and oxygen atoms in total. The van der Waals surface area contributed by atoms with Gasteiger partial charge in [-0.05, 0) is 18.2 Å². The van der Waals surface area contributed by atoms with E-state index in [0.29, 0.717) is 0 Å². The minimum absolute atomic E-state index is 0.136. The second kappa shape index (κ2) is 3.90. The van der Waals surface area contributed by atoms with Crippen LogP contribution in [0, 0.1) is 0 Å². The Hall–Kier alpha value is -1.95. The molecule has 0 spiro atoms. The summed E-state index contributed by atoms with van der Waals surface area (Å²) in [6.07, 6.45) is 1.16. The molecule has 0 radical (unpaired) electrons. The van der Waals surface area contributed by atoms with Gasteiger partial charge in [0, 0.05) is 6.20 Å². The fourth-order valence-electron chi connectivity index (χ4n) is 1.24. The average molecular weight is 236 g/mol. The first-order chi connectivity index (χ1) is 7.60. The van der Waals surface area contributed by atoms with Crippen molar-refractivity contribution in [3.05, 3.63) is 53.1 Å². The SMILES string of the molecule is O=c1nccc(S(=O)(=O)c2ccccc2)[nH]1. The Morgan fingerprint density at radius 2 is 1.75 bits per heavy atom. The number of H-pyrrole nitrogens is 1. The van der Waals surface area contributed by atoms with Gasteiger partial charge in [-0.15, -0.1) is 0 Å². The zero-order valence-corrected chi connectivity index (χ0v) is 8.94. The predicted octanol–water partition coefficient (Wildman–Crippen LogP) is 0.603. The Bertz CT molecular complexity index is 647. The van der Waals surface area contributed by atoms with E-state index >= 15 is 0 Å². The van der Waals surface area contributed by atoms with Crippen molar-refractivity contribution in [3.63, 3.8) is 0 Å². The summed E-state index contributed by atoms with van der Waals surface area (Å²) in [5.74, 6) is 0. The molecule has 0 atom stereocenters. The normalized spacial score (nSPS) is 11.2. The fourth-order valence-corrected chi connectivity index (χ4v) is 2.47. The van der Waals surface area contributed by atoms with Gasteiger partial charge in [0.15, 0.2) is 0 Å². The van der Waals surface area contributed by atoms with Crippen LogP contribution in [0.15, 0.2) is 57.3 Å². The maximum absolute atomic E-state index is 12.0. The zero-order chi connectivity index (χ0) is 11.6. The largest absolute Gasteiger partial charge is 0.345 e. The topological polar surface area (TPSA) is 79.9 Å². The van der Waals surface area contributed by atoms with Gasteiger partial charge in [0.25, 0.3) is 0 Å². The van der Waals surface area contributed by atoms with Crippen LogP contribution < -0.4 is 5.69 Å². The quantitative estimate of drug-likeness (QED) is 0.774. The molecular weight excluding hydrogens is 228 g/mol. The first-order valence-electron chi connectivity index (χ1n) is 4.46. The van der Waals surface area contributed by atoms with Gasteiger partial charge in [-0.3, -0.25) is 4.98 Å². The van der Waals surface area contributed by atoms with Crippen LogP contribution in [0.3, 0.4) is 0 Å². The average Bonchev–Trinajstić information content (AvgIpc) is 2.30. The third-order valence-corrected chi connectivity index (χ3v) is 3.70. The second-order valence-electron chi connectivity index (χ2n) is 3.06. The number of hydrogen-bond donors (Lipinski definition) is 1. The molecule has 1 heterocycles. The van der Waals surface area contributed by atoms with Crippen LogP contribution in [-0.2, 0) is 9.84 Å². The molecule has 1 N–H and O–H groups in total. The molecule has 2 rings (SSSR count). The zero-order valence-electron chi connectivity index (χ0n) is 8.12. The summed E-state index contributed by atoms with van der Waals surface area (Å²) in [5.41, 5.74) is -0.683. The second-order valence-corrected chi connectivity index (χ2v) is 4.97. The van der Waals surface area contributed by atoms with Crippen LogP contribution >= 0.6 is 0 Å². The van der Waals surface area contributed by atoms with Crippen LogP contribution in [0.25, 0.3) is 0 Å². The summed E-state index contributed by atoms with van der Waals surface area (Å²) in [5, 5.41) is -0.154. The molecule has 0 saturated heterocycles. The van der Waals surface area contributed by atoms with E-state index in [1.54, 1.807) is 18.2 Å². The number of nitrogens with one attached hydrogen (secondary N) is 1. The molecule has 0 amide bonds. The Labute approximate surface area is 91.7 Å². The maximum atomic E-state index is 12.0. The number of nitrogens with zero attached hydrogens (tertiary/aromatic N) is 1. The van der Waals surface area contributed by atoms with E-state index < -0.39 is 15.5 Å². The monoisotopic (exact) mass is 236 g/mol. The van der Waals surface area contributed by atoms with Crippen molar-refractivity contribution in [2.45, 2.75) is 9.92 Å². The molecule has 0 saturated carbocycles. The van der Waals surface area contributed by atoms with Gasteiger partial charge in [-0.25, -0.2) is 18.2 Å². The lowest BCUT2D eigenvalue weighted by Gasteiger charge is -2.02. The van der Waals surface area contributed by atoms with Crippen molar-refractivity contribution >= 4 is 9.84 Å². The lowest BCUT2D eigenvalue weighted by Crippen LogP contribution is -2.15. The summed E-state index contributed by atoms with van der Waals surface area (Å²) in [7, 11) is -3.66. The van der Waals surface area contributed by atoms with Crippen LogP contribution in [-0.4, -0.2) is 18.4 Å². The summed E-state index contributed by atoms with van der Waals surface area (Å²) in [4.78, 5) is 16.6. The van der Waals surface area contributed by atoms with E-state index in [9.17, 15) is 13.2 Å². The number of aromatic nitrogens is 2. The Morgan fingerprint density at radius 1 is 1.06 bits per heavy atom. The molecule has 82 valence electrons. The van der Waals surface area contributed by atoms with E-state index in [-0.39, 0.29) is 9.92 Å². The van der Waals surface area contributed by atoms with Crippen molar-refractivity contribution < 1.29 is 8.42 Å². The summed E-state index contributed by atoms with van der Waals surface area (Å²) < 4.78 is 24.0. The third-order valence-electron chi connectivity index (χ3n) is 1.99. The smallest absolute Gasteiger partial charge is 0.296 e. The minimum atomic E-state index is -3.66. The van der Waals surface area contributed by atoms with Gasteiger partial charge in [0.1, 0.15) is 5.03 Å². The lowest BCUT2D eigenvalue weighted by molar-refractivity contribution is 0.591. The van der Waals surface area contributed by atoms with Crippen molar-refractivity contribution in [1.29, 1.82) is 0 Å². The molecular formula is C10H8N2O3S. The molecule has 1 aromatic carbocycles. The standard InChI is InChI=1S/C10H8N2O3S/c13-10-11-7-6-9(12-10)16(14,15)8-4-2-1-3-5-8/h1-7H,(H,11,12,13). The molecule has 0 aliphatic carbocycles. The van der Waals surface area contributed by atoms with Crippen molar-refractivity contribution in [2.24, 2.45) is 0 Å². The molecule has 0 aliphatic rings. The highest BCUT2D eigenvalue weighted by atomic mass is 32.2. The van der Waals surface area contributed by atoms with Crippen molar-refractivity contribution in [3.8, 4) is 0 Å². The number of rotatable bonds is 2. The van der Waals surface area contributed by atoms with Gasteiger partial charge in [-0.1, -0.05) is 18.2 Å². The Balaban J connectivity index is 2.61. The summed E-state index contributed by atoms with van der Waals surface area (Å²) >= 11 is 0. The molecule has 0 unspecified atom stereocenters. The fraction of sp³-hybridized carbons (Fsp3) is 0. The highest BCUT2D eigenvalue weighted by Gasteiger charge is 2.17. The first-order valence-corrected chi connectivity index (χ1v) is 5.94. The van der Waals surface area contributed by atoms with E-state index in [2.05, 4.69) is 9.97 Å². The summed E-state index contributed by atoms with van der Waals surface area (Å²) in [6.45, 7) is 0. The highest BCUT2D eigenvalue weighted by molar-refractivity contribution is 7.91. The van der Waals surface area contributed by atoms with Crippen molar-refractivity contribution in [2.75, 3.05) is 0 Å². The number of benzene rings is 1. The minimum Gasteiger partial charge on any atom is -0.296 e. The van der Waals surface area contributed by atoms with Crippen LogP contribution in [0.1, 0.15) is 0 Å². The molecule has 0 fully saturated rings. The van der Waals surface area contributed by atoms with Crippen molar-refractivity contribution in [1.82, 2.24) is 9.97 Å². The third kappa shape index (κ3) is 1.87. The molecule has 6 heteroatoms. The summed E-state index contributed by atoms with van der Waals surface area (Å²) in [6, 6.07) is 9.14. The predicted molar refractivity (Wildman–Crippen MR) is 56.8 cm³/mol.